The Balaban J connectivity index is 1.77. The summed E-state index contributed by atoms with van der Waals surface area (Å²) in [5.74, 6) is 1.86. The summed E-state index contributed by atoms with van der Waals surface area (Å²) >= 11 is 0. The van der Waals surface area contributed by atoms with Gasteiger partial charge in [-0.25, -0.2) is 4.98 Å². The first-order valence-corrected chi connectivity index (χ1v) is 6.63. The van der Waals surface area contributed by atoms with Crippen molar-refractivity contribution in [3.63, 3.8) is 0 Å². The molecular weight excluding hydrogens is 244 g/mol. The minimum absolute atomic E-state index is 0.123. The molecule has 0 atom stereocenters. The molecule has 0 unspecified atom stereocenters. The molecular formula is C12H18N6O. The van der Waals surface area contributed by atoms with Gasteiger partial charge in [0.15, 0.2) is 11.5 Å². The van der Waals surface area contributed by atoms with E-state index in [2.05, 4.69) is 30.6 Å². The number of aromatic amines is 1. The fraction of sp³-hybridized carbons (Fsp3) is 0.583. The molecule has 102 valence electrons. The molecule has 1 aliphatic rings. The molecule has 1 fully saturated rings. The lowest BCUT2D eigenvalue weighted by Crippen LogP contribution is -2.33. The van der Waals surface area contributed by atoms with Crippen molar-refractivity contribution in [2.75, 3.05) is 23.7 Å². The van der Waals surface area contributed by atoms with Crippen molar-refractivity contribution in [2.45, 2.75) is 25.9 Å². The van der Waals surface area contributed by atoms with Gasteiger partial charge in [0.05, 0.1) is 12.4 Å². The molecule has 0 radical (unpaired) electrons. The number of H-pyrrole nitrogens is 1. The maximum absolute atomic E-state index is 9.29. The van der Waals surface area contributed by atoms with Gasteiger partial charge >= 0.3 is 0 Å². The van der Waals surface area contributed by atoms with E-state index in [-0.39, 0.29) is 6.10 Å². The highest BCUT2D eigenvalue weighted by atomic mass is 16.3. The molecule has 7 nitrogen and oxygen atoms in total. The number of anilines is 2. The molecule has 0 amide bonds. The second-order valence-corrected chi connectivity index (χ2v) is 4.90. The second kappa shape index (κ2) is 5.00. The highest BCUT2D eigenvalue weighted by Gasteiger charge is 2.27. The third-order valence-corrected chi connectivity index (χ3v) is 3.39. The Labute approximate surface area is 110 Å². The van der Waals surface area contributed by atoms with Crippen LogP contribution in [0.3, 0.4) is 0 Å². The van der Waals surface area contributed by atoms with Crippen molar-refractivity contribution < 1.29 is 5.11 Å². The van der Waals surface area contributed by atoms with Gasteiger partial charge in [-0.15, -0.1) is 0 Å². The second-order valence-electron chi connectivity index (χ2n) is 4.90. The van der Waals surface area contributed by atoms with E-state index in [9.17, 15) is 5.11 Å². The van der Waals surface area contributed by atoms with Crippen LogP contribution in [0.4, 0.5) is 11.8 Å². The molecule has 2 aromatic heterocycles. The molecule has 4 N–H and O–H groups in total. The van der Waals surface area contributed by atoms with Crippen LogP contribution in [-0.4, -0.2) is 44.2 Å². The topological polar surface area (TPSA) is 98.8 Å². The molecule has 2 heterocycles. The fourth-order valence-corrected chi connectivity index (χ4v) is 2.31. The van der Waals surface area contributed by atoms with Crippen LogP contribution in [0.1, 0.15) is 19.8 Å². The van der Waals surface area contributed by atoms with Crippen molar-refractivity contribution in [1.82, 2.24) is 19.9 Å². The van der Waals surface area contributed by atoms with Gasteiger partial charge in [0.25, 0.3) is 0 Å². The van der Waals surface area contributed by atoms with Gasteiger partial charge in [0.1, 0.15) is 5.52 Å². The van der Waals surface area contributed by atoms with E-state index < -0.39 is 0 Å². The van der Waals surface area contributed by atoms with Crippen LogP contribution in [0.25, 0.3) is 11.2 Å². The predicted octanol–water partition coefficient (Wildman–Crippen LogP) is 0.968. The SMILES string of the molecule is CCNc1nc(NCC2CC(O)C2)c2[nH]cnc2n1. The predicted molar refractivity (Wildman–Crippen MR) is 73.1 cm³/mol. The molecule has 19 heavy (non-hydrogen) atoms. The molecule has 3 rings (SSSR count). The summed E-state index contributed by atoms with van der Waals surface area (Å²) in [6.07, 6.45) is 3.23. The first-order chi connectivity index (χ1) is 9.26. The third-order valence-electron chi connectivity index (χ3n) is 3.39. The lowest BCUT2D eigenvalue weighted by atomic mass is 9.82. The summed E-state index contributed by atoms with van der Waals surface area (Å²) in [6, 6.07) is 0. The largest absolute Gasteiger partial charge is 0.393 e. The Hall–Kier alpha value is -1.89. The molecule has 2 aromatic rings. The summed E-state index contributed by atoms with van der Waals surface area (Å²) in [5, 5.41) is 15.7. The quantitative estimate of drug-likeness (QED) is 0.641. The third kappa shape index (κ3) is 2.46. The van der Waals surface area contributed by atoms with E-state index in [1.165, 1.54) is 0 Å². The highest BCUT2D eigenvalue weighted by molar-refractivity contribution is 5.83. The van der Waals surface area contributed by atoms with Crippen molar-refractivity contribution in [1.29, 1.82) is 0 Å². The van der Waals surface area contributed by atoms with Gasteiger partial charge in [-0.05, 0) is 25.7 Å². The van der Waals surface area contributed by atoms with Crippen molar-refractivity contribution in [3.8, 4) is 0 Å². The fourth-order valence-electron chi connectivity index (χ4n) is 2.31. The van der Waals surface area contributed by atoms with Crippen LogP contribution in [0.15, 0.2) is 6.33 Å². The lowest BCUT2D eigenvalue weighted by molar-refractivity contribution is 0.0486. The number of imidazole rings is 1. The van der Waals surface area contributed by atoms with E-state index in [1.807, 2.05) is 6.92 Å². The Bertz CT molecular complexity index is 562. The first kappa shape index (κ1) is 12.2. The van der Waals surface area contributed by atoms with Crippen molar-refractivity contribution in [3.05, 3.63) is 6.33 Å². The van der Waals surface area contributed by atoms with Crippen molar-refractivity contribution in [2.24, 2.45) is 5.92 Å². The van der Waals surface area contributed by atoms with Crippen LogP contribution in [0.2, 0.25) is 0 Å². The molecule has 7 heteroatoms. The van der Waals surface area contributed by atoms with E-state index in [0.717, 1.165) is 37.3 Å². The highest BCUT2D eigenvalue weighted by Crippen LogP contribution is 2.28. The van der Waals surface area contributed by atoms with Crippen LogP contribution >= 0.6 is 0 Å². The smallest absolute Gasteiger partial charge is 0.226 e. The maximum Gasteiger partial charge on any atom is 0.226 e. The summed E-state index contributed by atoms with van der Waals surface area (Å²) in [6.45, 7) is 3.58. The molecule has 0 aliphatic heterocycles. The molecule has 0 bridgehead atoms. The number of aliphatic hydroxyl groups is 1. The number of aliphatic hydroxyl groups excluding tert-OH is 1. The molecule has 0 aromatic carbocycles. The van der Waals surface area contributed by atoms with Gasteiger partial charge in [-0.1, -0.05) is 0 Å². The normalized spacial score (nSPS) is 22.2. The van der Waals surface area contributed by atoms with E-state index in [4.69, 9.17) is 0 Å². The summed E-state index contributed by atoms with van der Waals surface area (Å²) in [4.78, 5) is 16.0. The number of nitrogens with zero attached hydrogens (tertiary/aromatic N) is 3. The first-order valence-electron chi connectivity index (χ1n) is 6.63. The maximum atomic E-state index is 9.29. The number of fused-ring (bicyclic) bond motifs is 1. The summed E-state index contributed by atoms with van der Waals surface area (Å²) < 4.78 is 0. The number of hydrogen-bond donors (Lipinski definition) is 4. The lowest BCUT2D eigenvalue weighted by Gasteiger charge is -2.31. The van der Waals surface area contributed by atoms with Gasteiger partial charge in [0.2, 0.25) is 5.95 Å². The zero-order valence-electron chi connectivity index (χ0n) is 10.8. The number of aromatic nitrogens is 4. The van der Waals surface area contributed by atoms with Crippen molar-refractivity contribution >= 4 is 22.9 Å². The number of hydrogen-bond acceptors (Lipinski definition) is 6. The van der Waals surface area contributed by atoms with E-state index in [1.54, 1.807) is 6.33 Å². The van der Waals surface area contributed by atoms with E-state index in [0.29, 0.717) is 17.5 Å². The Morgan fingerprint density at radius 1 is 1.37 bits per heavy atom. The minimum atomic E-state index is -0.123. The van der Waals surface area contributed by atoms with Crippen LogP contribution in [0.5, 0.6) is 0 Å². The standard InChI is InChI=1S/C12H18N6O/c1-2-13-12-17-10(9-11(18-12)16-6-15-9)14-5-7-3-8(19)4-7/h6-8,19H,2-5H2,1H3,(H3,13,14,15,16,17,18). The zero-order valence-corrected chi connectivity index (χ0v) is 10.8. The monoisotopic (exact) mass is 262 g/mol. The minimum Gasteiger partial charge on any atom is -0.393 e. The number of nitrogens with one attached hydrogen (secondary N) is 3. The van der Waals surface area contributed by atoms with Crippen LogP contribution < -0.4 is 10.6 Å². The average molecular weight is 262 g/mol. The Kier molecular flexibility index (Phi) is 3.20. The van der Waals surface area contributed by atoms with Gasteiger partial charge in [0, 0.05) is 13.1 Å². The Morgan fingerprint density at radius 2 is 2.21 bits per heavy atom. The Morgan fingerprint density at radius 3 is 2.95 bits per heavy atom. The van der Waals surface area contributed by atoms with Crippen LogP contribution in [0, 0.1) is 5.92 Å². The average Bonchev–Trinajstić information content (AvgIpc) is 2.81. The van der Waals surface area contributed by atoms with Gasteiger partial charge in [-0.2, -0.15) is 9.97 Å². The molecule has 0 saturated heterocycles. The summed E-state index contributed by atoms with van der Waals surface area (Å²) in [7, 11) is 0. The van der Waals surface area contributed by atoms with Crippen LogP contribution in [-0.2, 0) is 0 Å². The van der Waals surface area contributed by atoms with E-state index >= 15 is 0 Å². The zero-order chi connectivity index (χ0) is 13.2. The molecule has 0 spiro atoms. The summed E-state index contributed by atoms with van der Waals surface area (Å²) in [5.41, 5.74) is 1.48. The molecule has 1 saturated carbocycles. The molecule has 1 aliphatic carbocycles. The number of rotatable bonds is 5. The van der Waals surface area contributed by atoms with Gasteiger partial charge in [-0.3, -0.25) is 0 Å². The van der Waals surface area contributed by atoms with Gasteiger partial charge < -0.3 is 20.7 Å².